The normalized spacial score (nSPS) is 18.9. The van der Waals surface area contributed by atoms with Crippen molar-refractivity contribution in [3.8, 4) is 11.1 Å². The fourth-order valence-electron chi connectivity index (χ4n) is 7.12. The first kappa shape index (κ1) is 32.0. The van der Waals surface area contributed by atoms with Crippen LogP contribution in [-0.2, 0) is 9.47 Å². The summed E-state index contributed by atoms with van der Waals surface area (Å²) in [6.07, 6.45) is 4.36. The van der Waals surface area contributed by atoms with Gasteiger partial charge in [0.25, 0.3) is 0 Å². The summed E-state index contributed by atoms with van der Waals surface area (Å²) in [5.41, 5.74) is 5.08. The Hall–Kier alpha value is -4.54. The first-order valence-electron chi connectivity index (χ1n) is 16.8. The second-order valence-corrected chi connectivity index (χ2v) is 14.3. The van der Waals surface area contributed by atoms with E-state index in [1.54, 1.807) is 31.4 Å². The van der Waals surface area contributed by atoms with Crippen molar-refractivity contribution in [2.24, 2.45) is 11.8 Å². The van der Waals surface area contributed by atoms with E-state index in [0.717, 1.165) is 24.0 Å². The van der Waals surface area contributed by atoms with E-state index < -0.39 is 29.8 Å². The number of alkyl halides is 2. The third-order valence-corrected chi connectivity index (χ3v) is 9.62. The molecule has 2 heterocycles. The van der Waals surface area contributed by atoms with Crippen molar-refractivity contribution >= 4 is 18.0 Å². The first-order valence-corrected chi connectivity index (χ1v) is 16.8. The van der Waals surface area contributed by atoms with E-state index in [1.165, 1.54) is 11.1 Å². The zero-order valence-corrected chi connectivity index (χ0v) is 27.4. The molecule has 2 saturated carbocycles. The molecule has 2 atom stereocenters. The molecule has 0 radical (unpaired) electrons. The van der Waals surface area contributed by atoms with E-state index in [4.69, 9.17) is 19.4 Å². The summed E-state index contributed by atoms with van der Waals surface area (Å²) in [5, 5.41) is 5.97. The summed E-state index contributed by atoms with van der Waals surface area (Å²) in [6, 6.07) is 17.3. The van der Waals surface area contributed by atoms with Crippen LogP contribution in [0.15, 0.2) is 67.0 Å². The molecule has 2 amide bonds. The maximum Gasteiger partial charge on any atom is 0.408 e. The number of halogens is 2. The van der Waals surface area contributed by atoms with Gasteiger partial charge in [-0.15, -0.1) is 0 Å². The summed E-state index contributed by atoms with van der Waals surface area (Å²) < 4.78 is 41.2. The summed E-state index contributed by atoms with van der Waals surface area (Å²) in [4.78, 5) is 35.6. The Labute approximate surface area is 278 Å². The molecule has 0 unspecified atom stereocenters. The monoisotopic (exact) mass is 657 g/mol. The molecule has 3 aliphatic carbocycles. The van der Waals surface area contributed by atoms with Crippen molar-refractivity contribution in [1.29, 1.82) is 0 Å². The van der Waals surface area contributed by atoms with Crippen LogP contribution in [0.2, 0.25) is 0 Å². The summed E-state index contributed by atoms with van der Waals surface area (Å²) >= 11 is 0. The lowest BCUT2D eigenvalue weighted by Crippen LogP contribution is -2.40. The van der Waals surface area contributed by atoms with Gasteiger partial charge in [0, 0.05) is 31.2 Å². The average molecular weight is 658 g/mol. The van der Waals surface area contributed by atoms with E-state index in [2.05, 4.69) is 34.9 Å². The lowest BCUT2D eigenvalue weighted by atomic mass is 9.81. The number of hydrogen-bond donors (Lipinski definition) is 2. The standard InChI is InChI=1S/C37H41F2N5O4/c1-36(2,3)48-35(46)43-32(23-14-17-37(38,39)18-15-23)30-20-44-19-16-29(40-33(44)41-30)31(22-12-13-22)42-34(45)47-21-28-26-10-6-4-8-24(26)25-9-5-7-11-27(25)28/h4-11,16,19-20,22-23,28,31-32H,12-15,17-18,21H2,1-3H3,(H,42,45)(H,43,46)/t31-,32+/m1/s1. The van der Waals surface area contributed by atoms with Crippen LogP contribution in [0, 0.1) is 11.8 Å². The van der Waals surface area contributed by atoms with Crippen LogP contribution in [0.4, 0.5) is 18.4 Å². The van der Waals surface area contributed by atoms with E-state index in [1.807, 2.05) is 36.5 Å². The van der Waals surface area contributed by atoms with Gasteiger partial charge in [-0.2, -0.15) is 0 Å². The number of hydrogen-bond acceptors (Lipinski definition) is 6. The number of fused-ring (bicyclic) bond motifs is 4. The number of amides is 2. The topological polar surface area (TPSA) is 107 Å². The van der Waals surface area contributed by atoms with Crippen molar-refractivity contribution in [2.45, 2.75) is 88.8 Å². The number of ether oxygens (including phenoxy) is 2. The highest BCUT2D eigenvalue weighted by Crippen LogP contribution is 2.45. The second kappa shape index (κ2) is 12.5. The fourth-order valence-corrected chi connectivity index (χ4v) is 7.12. The van der Waals surface area contributed by atoms with Crippen LogP contribution in [0.1, 0.15) is 99.8 Å². The Kier molecular flexibility index (Phi) is 8.33. The Morgan fingerprint density at radius 2 is 1.42 bits per heavy atom. The number of rotatable bonds is 8. The molecular formula is C37H41F2N5O4. The van der Waals surface area contributed by atoms with Gasteiger partial charge < -0.3 is 20.1 Å². The number of aromatic nitrogens is 3. The molecule has 0 bridgehead atoms. The number of imidazole rings is 1. The van der Waals surface area contributed by atoms with Gasteiger partial charge in [-0.1, -0.05) is 48.5 Å². The highest BCUT2D eigenvalue weighted by molar-refractivity contribution is 5.79. The molecule has 48 heavy (non-hydrogen) atoms. The SMILES string of the molecule is CC(C)(C)OC(=O)N[C@H](c1cn2ccc([C@H](NC(=O)OCC3c4ccccc4-c4ccccc43)C3CC3)nc2n1)C1CCC(F)(F)CC1. The minimum absolute atomic E-state index is 0.0435. The number of carbonyl (C=O) groups excluding carboxylic acids is 2. The lowest BCUT2D eigenvalue weighted by Gasteiger charge is -2.33. The molecule has 4 aromatic rings. The maximum atomic E-state index is 14.0. The summed E-state index contributed by atoms with van der Waals surface area (Å²) in [6.45, 7) is 5.52. The second-order valence-electron chi connectivity index (χ2n) is 14.3. The molecule has 0 aliphatic heterocycles. The van der Waals surface area contributed by atoms with Crippen LogP contribution in [0.5, 0.6) is 0 Å². The van der Waals surface area contributed by atoms with Gasteiger partial charge in [0.05, 0.1) is 23.5 Å². The maximum absolute atomic E-state index is 14.0. The number of benzene rings is 2. The van der Waals surface area contributed by atoms with E-state index in [-0.39, 0.29) is 56.1 Å². The quantitative estimate of drug-likeness (QED) is 0.198. The zero-order valence-electron chi connectivity index (χ0n) is 27.4. The number of alkyl carbamates (subject to hydrolysis) is 2. The van der Waals surface area contributed by atoms with Crippen molar-refractivity contribution in [3.05, 3.63) is 89.5 Å². The number of nitrogens with one attached hydrogen (secondary N) is 2. The Balaban J connectivity index is 1.08. The molecule has 7 rings (SSSR count). The van der Waals surface area contributed by atoms with E-state index in [9.17, 15) is 18.4 Å². The van der Waals surface area contributed by atoms with E-state index in [0.29, 0.717) is 17.2 Å². The molecule has 252 valence electrons. The molecule has 2 fully saturated rings. The Bertz CT molecular complexity index is 1780. The van der Waals surface area contributed by atoms with Crippen LogP contribution < -0.4 is 10.6 Å². The fraction of sp³-hybridized carbons (Fsp3) is 0.459. The highest BCUT2D eigenvalue weighted by Gasteiger charge is 2.40. The molecular weight excluding hydrogens is 616 g/mol. The lowest BCUT2D eigenvalue weighted by molar-refractivity contribution is -0.0500. The van der Waals surface area contributed by atoms with Crippen molar-refractivity contribution in [1.82, 2.24) is 25.0 Å². The average Bonchev–Trinajstić information content (AvgIpc) is 3.71. The number of carbonyl (C=O) groups is 2. The molecule has 11 heteroatoms. The van der Waals surface area contributed by atoms with Gasteiger partial charge in [-0.25, -0.2) is 28.3 Å². The first-order chi connectivity index (χ1) is 22.9. The van der Waals surface area contributed by atoms with Gasteiger partial charge in [0.1, 0.15) is 12.2 Å². The molecule has 0 saturated heterocycles. The largest absolute Gasteiger partial charge is 0.449 e. The zero-order chi connectivity index (χ0) is 33.6. The summed E-state index contributed by atoms with van der Waals surface area (Å²) in [5.74, 6) is -2.38. The van der Waals surface area contributed by atoms with Crippen molar-refractivity contribution in [2.75, 3.05) is 6.61 Å². The smallest absolute Gasteiger partial charge is 0.408 e. The van der Waals surface area contributed by atoms with Gasteiger partial charge in [-0.05, 0) is 86.6 Å². The highest BCUT2D eigenvalue weighted by atomic mass is 19.3. The molecule has 3 aliphatic rings. The third-order valence-electron chi connectivity index (χ3n) is 9.62. The molecule has 2 aromatic heterocycles. The minimum atomic E-state index is -2.71. The van der Waals surface area contributed by atoms with E-state index >= 15 is 0 Å². The Morgan fingerprint density at radius 3 is 2.04 bits per heavy atom. The van der Waals surface area contributed by atoms with Crippen LogP contribution in [-0.4, -0.2) is 44.7 Å². The third kappa shape index (κ3) is 6.86. The molecule has 0 spiro atoms. The van der Waals surface area contributed by atoms with Crippen LogP contribution in [0.3, 0.4) is 0 Å². The number of nitrogens with zero attached hydrogens (tertiary/aromatic N) is 3. The minimum Gasteiger partial charge on any atom is -0.449 e. The Morgan fingerprint density at radius 1 is 0.854 bits per heavy atom. The summed E-state index contributed by atoms with van der Waals surface area (Å²) in [7, 11) is 0. The van der Waals surface area contributed by atoms with Crippen LogP contribution >= 0.6 is 0 Å². The van der Waals surface area contributed by atoms with Crippen molar-refractivity contribution < 1.29 is 27.8 Å². The molecule has 9 nitrogen and oxygen atoms in total. The van der Waals surface area contributed by atoms with Crippen LogP contribution in [0.25, 0.3) is 16.9 Å². The molecule has 2 aromatic carbocycles. The van der Waals surface area contributed by atoms with Gasteiger partial charge in [0.2, 0.25) is 11.7 Å². The van der Waals surface area contributed by atoms with Gasteiger partial charge in [0.15, 0.2) is 0 Å². The molecule has 2 N–H and O–H groups in total. The predicted molar refractivity (Wildman–Crippen MR) is 176 cm³/mol. The van der Waals surface area contributed by atoms with Gasteiger partial charge >= 0.3 is 12.2 Å². The predicted octanol–water partition coefficient (Wildman–Crippen LogP) is 8.11. The van der Waals surface area contributed by atoms with Crippen molar-refractivity contribution in [3.63, 3.8) is 0 Å². The van der Waals surface area contributed by atoms with Gasteiger partial charge in [-0.3, -0.25) is 4.40 Å².